The molecule has 0 radical (unpaired) electrons. The molecule has 2 aliphatic heterocycles. The Bertz CT molecular complexity index is 677. The fourth-order valence-corrected chi connectivity index (χ4v) is 2.91. The van der Waals surface area contributed by atoms with Gasteiger partial charge in [-0.15, -0.1) is 0 Å². The fourth-order valence-electron chi connectivity index (χ4n) is 2.91. The number of likely N-dealkylation sites (tertiary alicyclic amines) is 2. The average Bonchev–Trinajstić information content (AvgIpc) is 2.85. The molecule has 23 heavy (non-hydrogen) atoms. The van der Waals surface area contributed by atoms with E-state index in [9.17, 15) is 19.2 Å². The highest BCUT2D eigenvalue weighted by Gasteiger charge is 2.43. The largest absolute Gasteiger partial charge is 0.465 e. The second kappa shape index (κ2) is 5.83. The van der Waals surface area contributed by atoms with Crippen LogP contribution < -0.4 is 0 Å². The first-order valence-corrected chi connectivity index (χ1v) is 7.34. The maximum atomic E-state index is 12.5. The molecule has 2 aliphatic rings. The number of benzene rings is 1. The molecule has 7 nitrogen and oxygen atoms in total. The zero-order valence-corrected chi connectivity index (χ0v) is 12.7. The van der Waals surface area contributed by atoms with Crippen molar-refractivity contribution in [2.45, 2.75) is 18.9 Å². The quantitative estimate of drug-likeness (QED) is 0.597. The highest BCUT2D eigenvalue weighted by molar-refractivity contribution is 6.06. The topological polar surface area (TPSA) is 84.0 Å². The third-order valence-corrected chi connectivity index (χ3v) is 4.17. The van der Waals surface area contributed by atoms with Crippen molar-refractivity contribution in [1.29, 1.82) is 0 Å². The maximum absolute atomic E-state index is 12.5. The number of esters is 1. The van der Waals surface area contributed by atoms with Crippen molar-refractivity contribution < 1.29 is 23.9 Å². The van der Waals surface area contributed by atoms with E-state index in [1.165, 1.54) is 23.0 Å². The van der Waals surface area contributed by atoms with Crippen LogP contribution in [-0.4, -0.2) is 59.7 Å². The van der Waals surface area contributed by atoms with Crippen LogP contribution in [0.5, 0.6) is 0 Å². The second-order valence-corrected chi connectivity index (χ2v) is 5.56. The number of rotatable bonds is 3. The standard InChI is InChI=1S/C16H16N2O5/c1-23-16(22)12-5-3-2-4-11(12)15(21)17-8-10(9-17)18-13(19)6-7-14(18)20/h2-5,10H,6-9H2,1H3. The fraction of sp³-hybridized carbons (Fsp3) is 0.375. The lowest BCUT2D eigenvalue weighted by Crippen LogP contribution is -2.62. The minimum Gasteiger partial charge on any atom is -0.465 e. The smallest absolute Gasteiger partial charge is 0.338 e. The summed E-state index contributed by atoms with van der Waals surface area (Å²) in [6.45, 7) is 0.595. The SMILES string of the molecule is COC(=O)c1ccccc1C(=O)N1CC(N2C(=O)CCC2=O)C1. The molecule has 2 heterocycles. The van der Waals surface area contributed by atoms with E-state index in [4.69, 9.17) is 0 Å². The van der Waals surface area contributed by atoms with Gasteiger partial charge >= 0.3 is 5.97 Å². The predicted octanol–water partition coefficient (Wildman–Crippen LogP) is 0.447. The summed E-state index contributed by atoms with van der Waals surface area (Å²) in [6.07, 6.45) is 0.489. The van der Waals surface area contributed by atoms with Gasteiger partial charge in [-0.3, -0.25) is 19.3 Å². The third-order valence-electron chi connectivity index (χ3n) is 4.17. The van der Waals surface area contributed by atoms with E-state index in [-0.39, 0.29) is 47.7 Å². The summed E-state index contributed by atoms with van der Waals surface area (Å²) in [5.74, 6) is -1.23. The minimum atomic E-state index is -0.573. The van der Waals surface area contributed by atoms with Gasteiger partial charge in [0.15, 0.2) is 0 Å². The first-order valence-electron chi connectivity index (χ1n) is 7.34. The summed E-state index contributed by atoms with van der Waals surface area (Å²) in [5, 5.41) is 0. The van der Waals surface area contributed by atoms with Crippen LogP contribution in [0, 0.1) is 0 Å². The Morgan fingerprint density at radius 1 is 1.04 bits per heavy atom. The molecule has 120 valence electrons. The van der Waals surface area contributed by atoms with Gasteiger partial charge in [0.1, 0.15) is 0 Å². The van der Waals surface area contributed by atoms with Gasteiger partial charge in [0.25, 0.3) is 5.91 Å². The Kier molecular flexibility index (Phi) is 3.85. The molecule has 0 atom stereocenters. The molecule has 0 saturated carbocycles. The first-order chi connectivity index (χ1) is 11.0. The number of imide groups is 1. The van der Waals surface area contributed by atoms with Gasteiger partial charge < -0.3 is 9.64 Å². The first kappa shape index (κ1) is 15.2. The number of methoxy groups -OCH3 is 1. The van der Waals surface area contributed by atoms with Crippen molar-refractivity contribution in [3.63, 3.8) is 0 Å². The van der Waals surface area contributed by atoms with Gasteiger partial charge in [-0.25, -0.2) is 4.79 Å². The van der Waals surface area contributed by atoms with Crippen LogP contribution in [0.4, 0.5) is 0 Å². The van der Waals surface area contributed by atoms with E-state index in [0.717, 1.165) is 0 Å². The van der Waals surface area contributed by atoms with E-state index in [2.05, 4.69) is 4.74 Å². The van der Waals surface area contributed by atoms with E-state index < -0.39 is 5.97 Å². The second-order valence-electron chi connectivity index (χ2n) is 5.56. The highest BCUT2D eigenvalue weighted by atomic mass is 16.5. The molecule has 0 aromatic heterocycles. The molecule has 0 aliphatic carbocycles. The number of nitrogens with zero attached hydrogens (tertiary/aromatic N) is 2. The van der Waals surface area contributed by atoms with Crippen molar-refractivity contribution >= 4 is 23.7 Å². The van der Waals surface area contributed by atoms with Crippen molar-refractivity contribution in [3.8, 4) is 0 Å². The normalized spacial score (nSPS) is 18.1. The van der Waals surface area contributed by atoms with E-state index in [0.29, 0.717) is 13.1 Å². The molecular weight excluding hydrogens is 300 g/mol. The molecule has 0 spiro atoms. The van der Waals surface area contributed by atoms with Gasteiger partial charge in [0, 0.05) is 25.9 Å². The molecule has 0 unspecified atom stereocenters. The highest BCUT2D eigenvalue weighted by Crippen LogP contribution is 2.24. The van der Waals surface area contributed by atoms with Gasteiger partial charge in [-0.2, -0.15) is 0 Å². The molecule has 1 aromatic rings. The minimum absolute atomic E-state index is 0.179. The molecule has 3 rings (SSSR count). The summed E-state index contributed by atoms with van der Waals surface area (Å²) >= 11 is 0. The van der Waals surface area contributed by atoms with Crippen LogP contribution >= 0.6 is 0 Å². The Morgan fingerprint density at radius 2 is 1.61 bits per heavy atom. The van der Waals surface area contributed by atoms with Crippen LogP contribution in [-0.2, 0) is 14.3 Å². The number of hydrogen-bond acceptors (Lipinski definition) is 5. The van der Waals surface area contributed by atoms with Crippen molar-refractivity contribution in [3.05, 3.63) is 35.4 Å². The zero-order chi connectivity index (χ0) is 16.6. The molecule has 0 bridgehead atoms. The van der Waals surface area contributed by atoms with Crippen LogP contribution in [0.2, 0.25) is 0 Å². The molecular formula is C16H16N2O5. The molecule has 2 fully saturated rings. The van der Waals surface area contributed by atoms with Crippen LogP contribution in [0.1, 0.15) is 33.6 Å². The summed E-state index contributed by atoms with van der Waals surface area (Å²) in [5.41, 5.74) is 0.466. The summed E-state index contributed by atoms with van der Waals surface area (Å²) in [6, 6.07) is 6.16. The number of hydrogen-bond donors (Lipinski definition) is 0. The maximum Gasteiger partial charge on any atom is 0.338 e. The lowest BCUT2D eigenvalue weighted by atomic mass is 10.0. The Hall–Kier alpha value is -2.70. The average molecular weight is 316 g/mol. The van der Waals surface area contributed by atoms with E-state index >= 15 is 0 Å². The van der Waals surface area contributed by atoms with Crippen LogP contribution in [0.25, 0.3) is 0 Å². The Balaban J connectivity index is 1.71. The monoisotopic (exact) mass is 316 g/mol. The number of ether oxygens (including phenoxy) is 1. The van der Waals surface area contributed by atoms with Crippen molar-refractivity contribution in [2.75, 3.05) is 20.2 Å². The number of amides is 3. The lowest BCUT2D eigenvalue weighted by molar-refractivity contribution is -0.144. The number of carbonyl (C=O) groups excluding carboxylic acids is 4. The number of carbonyl (C=O) groups is 4. The lowest BCUT2D eigenvalue weighted by Gasteiger charge is -2.43. The Labute approximate surface area is 132 Å². The van der Waals surface area contributed by atoms with E-state index in [1.807, 2.05) is 0 Å². The van der Waals surface area contributed by atoms with Crippen molar-refractivity contribution in [1.82, 2.24) is 9.80 Å². The van der Waals surface area contributed by atoms with Crippen LogP contribution in [0.15, 0.2) is 24.3 Å². The van der Waals surface area contributed by atoms with Gasteiger partial charge in [0.2, 0.25) is 11.8 Å². The van der Waals surface area contributed by atoms with Gasteiger partial charge in [-0.05, 0) is 12.1 Å². The van der Waals surface area contributed by atoms with Gasteiger partial charge in [-0.1, -0.05) is 12.1 Å². The molecule has 2 saturated heterocycles. The third kappa shape index (κ3) is 2.58. The van der Waals surface area contributed by atoms with Crippen molar-refractivity contribution in [2.24, 2.45) is 0 Å². The summed E-state index contributed by atoms with van der Waals surface area (Å²) < 4.78 is 4.68. The van der Waals surface area contributed by atoms with Crippen LogP contribution in [0.3, 0.4) is 0 Å². The van der Waals surface area contributed by atoms with Gasteiger partial charge in [0.05, 0.1) is 24.3 Å². The predicted molar refractivity (Wildman–Crippen MR) is 78.6 cm³/mol. The molecule has 7 heteroatoms. The molecule has 1 aromatic carbocycles. The Morgan fingerprint density at radius 3 is 2.17 bits per heavy atom. The molecule has 3 amide bonds. The summed E-state index contributed by atoms with van der Waals surface area (Å²) in [7, 11) is 1.26. The molecule has 0 N–H and O–H groups in total. The summed E-state index contributed by atoms with van der Waals surface area (Å²) in [4.78, 5) is 50.4. The van der Waals surface area contributed by atoms with E-state index in [1.54, 1.807) is 18.2 Å². The zero-order valence-electron chi connectivity index (χ0n) is 12.7.